The predicted molar refractivity (Wildman–Crippen MR) is 60.7 cm³/mol. The summed E-state index contributed by atoms with van der Waals surface area (Å²) in [6.45, 7) is 1.93. The molecule has 3 N–H and O–H groups in total. The second-order valence-electron chi connectivity index (χ2n) is 4.17. The summed E-state index contributed by atoms with van der Waals surface area (Å²) in [6.07, 6.45) is 3.43. The molecule has 1 aliphatic carbocycles. The first kappa shape index (κ1) is 10.0. The van der Waals surface area contributed by atoms with Crippen LogP contribution in [0.3, 0.4) is 0 Å². The molecule has 1 amide bonds. The van der Waals surface area contributed by atoms with E-state index in [9.17, 15) is 4.79 Å². The van der Waals surface area contributed by atoms with Crippen LogP contribution >= 0.6 is 0 Å². The van der Waals surface area contributed by atoms with Crippen molar-refractivity contribution in [3.8, 4) is 0 Å². The number of amides is 1. The van der Waals surface area contributed by atoms with E-state index in [1.165, 1.54) is 6.42 Å². The summed E-state index contributed by atoms with van der Waals surface area (Å²) in [5.41, 5.74) is 8.10. The maximum absolute atomic E-state index is 11.7. The molecule has 15 heavy (non-hydrogen) atoms. The average Bonchev–Trinajstić information content (AvgIpc) is 2.15. The van der Waals surface area contributed by atoms with Crippen LogP contribution in [0.4, 0.5) is 5.69 Å². The van der Waals surface area contributed by atoms with E-state index < -0.39 is 0 Å². The second-order valence-corrected chi connectivity index (χ2v) is 4.17. The van der Waals surface area contributed by atoms with E-state index in [4.69, 9.17) is 5.73 Å². The fourth-order valence-electron chi connectivity index (χ4n) is 1.60. The maximum Gasteiger partial charge on any atom is 0.251 e. The number of nitrogens with two attached hydrogens (primary N) is 1. The normalized spacial score (nSPS) is 15.8. The van der Waals surface area contributed by atoms with Gasteiger partial charge in [0.25, 0.3) is 5.91 Å². The van der Waals surface area contributed by atoms with Gasteiger partial charge in [0.2, 0.25) is 0 Å². The van der Waals surface area contributed by atoms with E-state index in [0.717, 1.165) is 18.4 Å². The van der Waals surface area contributed by atoms with Crippen molar-refractivity contribution in [2.45, 2.75) is 32.2 Å². The highest BCUT2D eigenvalue weighted by atomic mass is 16.1. The van der Waals surface area contributed by atoms with Gasteiger partial charge in [-0.2, -0.15) is 0 Å². The molecule has 1 saturated carbocycles. The van der Waals surface area contributed by atoms with Crippen LogP contribution in [0.5, 0.6) is 0 Å². The summed E-state index contributed by atoms with van der Waals surface area (Å²) in [4.78, 5) is 11.7. The van der Waals surface area contributed by atoms with E-state index in [-0.39, 0.29) is 5.91 Å². The van der Waals surface area contributed by atoms with Crippen LogP contribution in [0.25, 0.3) is 0 Å². The molecule has 80 valence electrons. The third kappa shape index (κ3) is 2.12. The highest BCUT2D eigenvalue weighted by molar-refractivity contribution is 5.95. The number of carbonyl (C=O) groups is 1. The SMILES string of the molecule is Cc1ccc(C(=O)NC2CCC2)cc1N. The number of rotatable bonds is 2. The zero-order valence-electron chi connectivity index (χ0n) is 8.92. The monoisotopic (exact) mass is 204 g/mol. The number of nitrogens with one attached hydrogen (secondary N) is 1. The van der Waals surface area contributed by atoms with Gasteiger partial charge in [-0.25, -0.2) is 0 Å². The lowest BCUT2D eigenvalue weighted by Gasteiger charge is -2.26. The molecule has 1 fully saturated rings. The van der Waals surface area contributed by atoms with Gasteiger partial charge in [0, 0.05) is 17.3 Å². The minimum absolute atomic E-state index is 0.00796. The summed E-state index contributed by atoms with van der Waals surface area (Å²) in [5.74, 6) is -0.00796. The summed E-state index contributed by atoms with van der Waals surface area (Å²) >= 11 is 0. The van der Waals surface area contributed by atoms with Gasteiger partial charge in [-0.15, -0.1) is 0 Å². The van der Waals surface area contributed by atoms with E-state index in [1.807, 2.05) is 19.1 Å². The first-order valence-electron chi connectivity index (χ1n) is 5.34. The Labute approximate surface area is 89.7 Å². The average molecular weight is 204 g/mol. The lowest BCUT2D eigenvalue weighted by Crippen LogP contribution is -2.39. The Hall–Kier alpha value is -1.51. The number of nitrogen functional groups attached to an aromatic ring is 1. The Morgan fingerprint density at radius 1 is 1.47 bits per heavy atom. The summed E-state index contributed by atoms with van der Waals surface area (Å²) in [5, 5.41) is 2.98. The quantitative estimate of drug-likeness (QED) is 0.722. The lowest BCUT2D eigenvalue weighted by molar-refractivity contribution is 0.0917. The van der Waals surface area contributed by atoms with Crippen molar-refractivity contribution >= 4 is 11.6 Å². The molecule has 0 unspecified atom stereocenters. The van der Waals surface area contributed by atoms with Gasteiger partial charge in [0.1, 0.15) is 0 Å². The molecule has 0 atom stereocenters. The highest BCUT2D eigenvalue weighted by Crippen LogP contribution is 2.19. The molecule has 0 aromatic heterocycles. The van der Waals surface area contributed by atoms with Crippen LogP contribution in [0, 0.1) is 6.92 Å². The van der Waals surface area contributed by atoms with Gasteiger partial charge in [0.15, 0.2) is 0 Å². The van der Waals surface area contributed by atoms with Crippen LogP contribution in [-0.4, -0.2) is 11.9 Å². The van der Waals surface area contributed by atoms with E-state index in [1.54, 1.807) is 6.07 Å². The Balaban J connectivity index is 2.07. The molecule has 0 radical (unpaired) electrons. The number of carbonyl (C=O) groups excluding carboxylic acids is 1. The first-order chi connectivity index (χ1) is 7.16. The van der Waals surface area contributed by atoms with Crippen molar-refractivity contribution in [2.75, 3.05) is 5.73 Å². The minimum Gasteiger partial charge on any atom is -0.398 e. The molecule has 0 saturated heterocycles. The van der Waals surface area contributed by atoms with E-state index >= 15 is 0 Å². The third-order valence-corrected chi connectivity index (χ3v) is 2.98. The third-order valence-electron chi connectivity index (χ3n) is 2.98. The molecule has 0 aliphatic heterocycles. The number of hydrogen-bond acceptors (Lipinski definition) is 2. The molecule has 0 heterocycles. The van der Waals surface area contributed by atoms with Crippen molar-refractivity contribution < 1.29 is 4.79 Å². The van der Waals surface area contributed by atoms with Gasteiger partial charge in [0.05, 0.1) is 0 Å². The topological polar surface area (TPSA) is 55.1 Å². The van der Waals surface area contributed by atoms with E-state index in [0.29, 0.717) is 17.3 Å². The Morgan fingerprint density at radius 2 is 2.20 bits per heavy atom. The number of anilines is 1. The fraction of sp³-hybridized carbons (Fsp3) is 0.417. The van der Waals surface area contributed by atoms with Crippen molar-refractivity contribution in [1.29, 1.82) is 0 Å². The molecule has 1 aromatic rings. The molecule has 2 rings (SSSR count). The summed E-state index contributed by atoms with van der Waals surface area (Å²) in [6, 6.07) is 5.81. The van der Waals surface area contributed by atoms with Crippen molar-refractivity contribution in [3.63, 3.8) is 0 Å². The standard InChI is InChI=1S/C12H16N2O/c1-8-5-6-9(7-11(8)13)12(15)14-10-3-2-4-10/h5-7,10H,2-4,13H2,1H3,(H,14,15). The Bertz CT molecular complexity index is 383. The van der Waals surface area contributed by atoms with Gasteiger partial charge in [-0.3, -0.25) is 4.79 Å². The molecule has 0 spiro atoms. The smallest absolute Gasteiger partial charge is 0.251 e. The second kappa shape index (κ2) is 3.93. The predicted octanol–water partition coefficient (Wildman–Crippen LogP) is 1.86. The van der Waals surface area contributed by atoms with Crippen LogP contribution < -0.4 is 11.1 Å². The maximum atomic E-state index is 11.7. The summed E-state index contributed by atoms with van der Waals surface area (Å²) in [7, 11) is 0. The molecule has 3 nitrogen and oxygen atoms in total. The van der Waals surface area contributed by atoms with Crippen LogP contribution in [0.15, 0.2) is 18.2 Å². The Kier molecular flexibility index (Phi) is 2.62. The highest BCUT2D eigenvalue weighted by Gasteiger charge is 2.20. The van der Waals surface area contributed by atoms with Crippen LogP contribution in [-0.2, 0) is 0 Å². The molecule has 1 aliphatic rings. The van der Waals surface area contributed by atoms with Crippen molar-refractivity contribution in [1.82, 2.24) is 5.32 Å². The molecule has 1 aromatic carbocycles. The van der Waals surface area contributed by atoms with Gasteiger partial charge < -0.3 is 11.1 Å². The molecular formula is C12H16N2O. The molecule has 3 heteroatoms. The van der Waals surface area contributed by atoms with E-state index in [2.05, 4.69) is 5.32 Å². The van der Waals surface area contributed by atoms with Crippen molar-refractivity contribution in [2.24, 2.45) is 0 Å². The van der Waals surface area contributed by atoms with Crippen molar-refractivity contribution in [3.05, 3.63) is 29.3 Å². The van der Waals surface area contributed by atoms with Gasteiger partial charge in [-0.05, 0) is 43.9 Å². The number of benzene rings is 1. The molecular weight excluding hydrogens is 188 g/mol. The first-order valence-corrected chi connectivity index (χ1v) is 5.34. The number of aryl methyl sites for hydroxylation is 1. The van der Waals surface area contributed by atoms with Gasteiger partial charge >= 0.3 is 0 Å². The largest absolute Gasteiger partial charge is 0.398 e. The Morgan fingerprint density at radius 3 is 2.73 bits per heavy atom. The minimum atomic E-state index is -0.00796. The lowest BCUT2D eigenvalue weighted by atomic mass is 9.93. The summed E-state index contributed by atoms with van der Waals surface area (Å²) < 4.78 is 0. The number of hydrogen-bond donors (Lipinski definition) is 2. The van der Waals surface area contributed by atoms with Crippen LogP contribution in [0.1, 0.15) is 35.2 Å². The fourth-order valence-corrected chi connectivity index (χ4v) is 1.60. The van der Waals surface area contributed by atoms with Gasteiger partial charge in [-0.1, -0.05) is 6.07 Å². The molecule has 0 bridgehead atoms. The zero-order chi connectivity index (χ0) is 10.8. The van der Waals surface area contributed by atoms with Crippen LogP contribution in [0.2, 0.25) is 0 Å². The zero-order valence-corrected chi connectivity index (χ0v) is 8.92.